The van der Waals surface area contributed by atoms with Crippen LogP contribution in [0.4, 0.5) is 0 Å². The molecule has 1 atom stereocenters. The van der Waals surface area contributed by atoms with Crippen LogP contribution in [0.15, 0.2) is 24.3 Å². The van der Waals surface area contributed by atoms with Gasteiger partial charge in [0.15, 0.2) is 0 Å². The predicted octanol–water partition coefficient (Wildman–Crippen LogP) is 0.689. The van der Waals surface area contributed by atoms with Gasteiger partial charge >= 0.3 is 11.9 Å². The molecule has 96 valence electrons. The van der Waals surface area contributed by atoms with E-state index >= 15 is 0 Å². The summed E-state index contributed by atoms with van der Waals surface area (Å²) in [5, 5.41) is 20.2. The number of carbonyl (C=O) groups is 3. The molecular formula is C12H13NO5. The van der Waals surface area contributed by atoms with E-state index in [-0.39, 0.29) is 18.0 Å². The summed E-state index contributed by atoms with van der Waals surface area (Å²) in [7, 11) is 0. The van der Waals surface area contributed by atoms with E-state index in [0.717, 1.165) is 0 Å². The van der Waals surface area contributed by atoms with Gasteiger partial charge in [0.05, 0.1) is 11.5 Å². The monoisotopic (exact) mass is 251 g/mol. The van der Waals surface area contributed by atoms with E-state index in [2.05, 4.69) is 5.32 Å². The average molecular weight is 251 g/mol. The predicted molar refractivity (Wildman–Crippen MR) is 62.5 cm³/mol. The highest BCUT2D eigenvalue weighted by Crippen LogP contribution is 2.16. The second-order valence-corrected chi connectivity index (χ2v) is 3.76. The van der Waals surface area contributed by atoms with Gasteiger partial charge in [-0.25, -0.2) is 4.79 Å². The van der Waals surface area contributed by atoms with Crippen LogP contribution in [0.5, 0.6) is 0 Å². The van der Waals surface area contributed by atoms with Crippen molar-refractivity contribution in [3.63, 3.8) is 0 Å². The normalized spacial score (nSPS) is 11.6. The second kappa shape index (κ2) is 5.81. The van der Waals surface area contributed by atoms with Crippen molar-refractivity contribution >= 4 is 17.8 Å². The molecule has 18 heavy (non-hydrogen) atoms. The van der Waals surface area contributed by atoms with E-state index in [1.807, 2.05) is 0 Å². The lowest BCUT2D eigenvalue weighted by Gasteiger charge is -2.13. The maximum Gasteiger partial charge on any atom is 0.335 e. The fourth-order valence-corrected chi connectivity index (χ4v) is 1.45. The quantitative estimate of drug-likeness (QED) is 0.714. The van der Waals surface area contributed by atoms with E-state index in [0.29, 0.717) is 5.56 Å². The van der Waals surface area contributed by atoms with Gasteiger partial charge in [-0.3, -0.25) is 9.59 Å². The molecule has 0 radical (unpaired) electrons. The van der Waals surface area contributed by atoms with E-state index in [1.54, 1.807) is 0 Å². The Balaban J connectivity index is 2.89. The minimum atomic E-state index is -1.08. The van der Waals surface area contributed by atoms with Crippen molar-refractivity contribution < 1.29 is 24.6 Å². The highest BCUT2D eigenvalue weighted by molar-refractivity contribution is 5.88. The SMILES string of the molecule is CC(=O)NCC(C(=O)O)c1ccc(C(=O)O)cc1. The van der Waals surface area contributed by atoms with Crippen LogP contribution in [0.2, 0.25) is 0 Å². The van der Waals surface area contributed by atoms with E-state index < -0.39 is 17.9 Å². The van der Waals surface area contributed by atoms with Crippen LogP contribution in [-0.2, 0) is 9.59 Å². The number of carboxylic acid groups (broad SMARTS) is 2. The summed E-state index contributed by atoms with van der Waals surface area (Å²) in [5.74, 6) is -3.36. The van der Waals surface area contributed by atoms with Gasteiger partial charge in [0.25, 0.3) is 0 Å². The van der Waals surface area contributed by atoms with E-state index in [1.165, 1.54) is 31.2 Å². The van der Waals surface area contributed by atoms with Gasteiger partial charge in [-0.2, -0.15) is 0 Å². The van der Waals surface area contributed by atoms with Crippen molar-refractivity contribution in [1.82, 2.24) is 5.32 Å². The number of rotatable bonds is 5. The zero-order valence-corrected chi connectivity index (χ0v) is 9.71. The summed E-state index contributed by atoms with van der Waals surface area (Å²) in [5.41, 5.74) is 0.531. The molecule has 1 rings (SSSR count). The molecule has 1 aromatic carbocycles. The summed E-state index contributed by atoms with van der Waals surface area (Å²) in [4.78, 5) is 32.5. The van der Waals surface area contributed by atoms with Crippen LogP contribution in [0.25, 0.3) is 0 Å². The molecule has 1 aromatic rings. The summed E-state index contributed by atoms with van der Waals surface area (Å²) >= 11 is 0. The number of aliphatic carboxylic acids is 1. The molecule has 0 aliphatic carbocycles. The fraction of sp³-hybridized carbons (Fsp3) is 0.250. The third kappa shape index (κ3) is 3.58. The van der Waals surface area contributed by atoms with Crippen molar-refractivity contribution in [2.24, 2.45) is 0 Å². The van der Waals surface area contributed by atoms with Gasteiger partial charge in [0.2, 0.25) is 5.91 Å². The van der Waals surface area contributed by atoms with E-state index in [9.17, 15) is 14.4 Å². The molecule has 0 saturated heterocycles. The number of nitrogens with one attached hydrogen (secondary N) is 1. The topological polar surface area (TPSA) is 104 Å². The van der Waals surface area contributed by atoms with E-state index in [4.69, 9.17) is 10.2 Å². The molecule has 6 nitrogen and oxygen atoms in total. The molecule has 0 spiro atoms. The number of carboxylic acids is 2. The van der Waals surface area contributed by atoms with Crippen molar-refractivity contribution in [3.8, 4) is 0 Å². The number of hydrogen-bond acceptors (Lipinski definition) is 3. The molecule has 0 bridgehead atoms. The molecule has 0 aliphatic rings. The zero-order valence-electron chi connectivity index (χ0n) is 9.71. The van der Waals surface area contributed by atoms with Crippen LogP contribution < -0.4 is 5.32 Å². The maximum absolute atomic E-state index is 11.1. The Morgan fingerprint density at radius 1 is 1.17 bits per heavy atom. The Bertz CT molecular complexity index is 466. The Morgan fingerprint density at radius 3 is 2.11 bits per heavy atom. The Morgan fingerprint density at radius 2 is 1.72 bits per heavy atom. The van der Waals surface area contributed by atoms with Crippen molar-refractivity contribution in [2.75, 3.05) is 6.54 Å². The van der Waals surface area contributed by atoms with Crippen LogP contribution in [0.3, 0.4) is 0 Å². The zero-order chi connectivity index (χ0) is 13.7. The first-order valence-electron chi connectivity index (χ1n) is 5.22. The number of carbonyl (C=O) groups excluding carboxylic acids is 1. The minimum Gasteiger partial charge on any atom is -0.481 e. The van der Waals surface area contributed by atoms with Gasteiger partial charge in [-0.1, -0.05) is 12.1 Å². The summed E-state index contributed by atoms with van der Waals surface area (Å²) in [6.45, 7) is 1.27. The fourth-order valence-electron chi connectivity index (χ4n) is 1.45. The van der Waals surface area contributed by atoms with Gasteiger partial charge in [0, 0.05) is 13.5 Å². The Kier molecular flexibility index (Phi) is 4.42. The maximum atomic E-state index is 11.1. The standard InChI is InChI=1S/C12H13NO5/c1-7(14)13-6-10(12(17)18)8-2-4-9(5-3-8)11(15)16/h2-5,10H,6H2,1H3,(H,13,14)(H,15,16)(H,17,18). The lowest BCUT2D eigenvalue weighted by molar-refractivity contribution is -0.138. The molecule has 1 amide bonds. The van der Waals surface area contributed by atoms with Crippen LogP contribution in [0, 0.1) is 0 Å². The van der Waals surface area contributed by atoms with Crippen molar-refractivity contribution in [2.45, 2.75) is 12.8 Å². The van der Waals surface area contributed by atoms with Crippen LogP contribution >= 0.6 is 0 Å². The lowest BCUT2D eigenvalue weighted by atomic mass is 9.98. The summed E-state index contributed by atoms with van der Waals surface area (Å²) in [6, 6.07) is 5.54. The average Bonchev–Trinajstić information content (AvgIpc) is 2.29. The lowest BCUT2D eigenvalue weighted by Crippen LogP contribution is -2.29. The molecular weight excluding hydrogens is 238 g/mol. The van der Waals surface area contributed by atoms with Crippen LogP contribution in [-0.4, -0.2) is 34.6 Å². The number of hydrogen-bond donors (Lipinski definition) is 3. The first-order valence-corrected chi connectivity index (χ1v) is 5.22. The van der Waals surface area contributed by atoms with Gasteiger partial charge in [0.1, 0.15) is 0 Å². The first kappa shape index (κ1) is 13.7. The summed E-state index contributed by atoms with van der Waals surface area (Å²) in [6.07, 6.45) is 0. The van der Waals surface area contributed by atoms with Crippen molar-refractivity contribution in [1.29, 1.82) is 0 Å². The van der Waals surface area contributed by atoms with Crippen molar-refractivity contribution in [3.05, 3.63) is 35.4 Å². The number of benzene rings is 1. The highest BCUT2D eigenvalue weighted by atomic mass is 16.4. The molecule has 3 N–H and O–H groups in total. The Hall–Kier alpha value is -2.37. The minimum absolute atomic E-state index is 0.0307. The van der Waals surface area contributed by atoms with Crippen LogP contribution in [0.1, 0.15) is 28.8 Å². The van der Waals surface area contributed by atoms with Gasteiger partial charge in [-0.15, -0.1) is 0 Å². The van der Waals surface area contributed by atoms with Gasteiger partial charge < -0.3 is 15.5 Å². The molecule has 0 fully saturated rings. The third-order valence-corrected chi connectivity index (χ3v) is 2.41. The molecule has 0 aromatic heterocycles. The smallest absolute Gasteiger partial charge is 0.335 e. The van der Waals surface area contributed by atoms with Gasteiger partial charge in [-0.05, 0) is 17.7 Å². The molecule has 0 saturated carbocycles. The number of aromatic carboxylic acids is 1. The number of amides is 1. The summed E-state index contributed by atoms with van der Waals surface area (Å²) < 4.78 is 0. The molecule has 6 heteroatoms. The first-order chi connectivity index (χ1) is 8.41. The third-order valence-electron chi connectivity index (χ3n) is 2.41. The molecule has 1 unspecified atom stereocenters. The molecule has 0 aliphatic heterocycles. The highest BCUT2D eigenvalue weighted by Gasteiger charge is 2.20. The Labute approximate surface area is 103 Å². The second-order valence-electron chi connectivity index (χ2n) is 3.76. The largest absolute Gasteiger partial charge is 0.481 e. The molecule has 0 heterocycles.